The number of methoxy groups -OCH3 is 1. The summed E-state index contributed by atoms with van der Waals surface area (Å²) >= 11 is 0. The zero-order valence-electron chi connectivity index (χ0n) is 17.1. The minimum absolute atomic E-state index is 0.666. The molecule has 2 aromatic rings. The van der Waals surface area contributed by atoms with Crippen molar-refractivity contribution in [2.45, 2.75) is 38.4 Å². The first kappa shape index (κ1) is 19.3. The van der Waals surface area contributed by atoms with Gasteiger partial charge in [0.15, 0.2) is 11.5 Å². The second kappa shape index (κ2) is 8.97. The van der Waals surface area contributed by atoms with Crippen LogP contribution in [0, 0.1) is 5.92 Å². The molecule has 3 aliphatic rings. The van der Waals surface area contributed by atoms with Crippen molar-refractivity contribution in [3.8, 4) is 11.5 Å². The summed E-state index contributed by atoms with van der Waals surface area (Å²) in [4.78, 5) is 9.25. The first-order chi connectivity index (χ1) is 13.7. The molecule has 3 saturated heterocycles. The van der Waals surface area contributed by atoms with Crippen LogP contribution in [0.25, 0.3) is 0 Å². The minimum atomic E-state index is 0.666. The SMILES string of the molecule is COc1cccc(CN2C[C@H]3CC[C@@H](C2)N(C)C3)c1OCCCn1ccnc1. The number of aromatic nitrogens is 2. The predicted molar refractivity (Wildman–Crippen MR) is 110 cm³/mol. The van der Waals surface area contributed by atoms with Crippen LogP contribution in [0.1, 0.15) is 24.8 Å². The molecule has 0 N–H and O–H groups in total. The molecule has 6 heteroatoms. The van der Waals surface area contributed by atoms with Crippen LogP contribution in [0.5, 0.6) is 11.5 Å². The highest BCUT2D eigenvalue weighted by Gasteiger charge is 2.33. The largest absolute Gasteiger partial charge is 0.493 e. The molecular weight excluding hydrogens is 352 g/mol. The van der Waals surface area contributed by atoms with E-state index in [0.717, 1.165) is 43.5 Å². The van der Waals surface area contributed by atoms with Gasteiger partial charge in [0, 0.05) is 56.7 Å². The van der Waals surface area contributed by atoms with E-state index in [4.69, 9.17) is 9.47 Å². The van der Waals surface area contributed by atoms with E-state index >= 15 is 0 Å². The highest BCUT2D eigenvalue weighted by atomic mass is 16.5. The van der Waals surface area contributed by atoms with Crippen molar-refractivity contribution in [1.82, 2.24) is 19.4 Å². The lowest BCUT2D eigenvalue weighted by Crippen LogP contribution is -2.40. The van der Waals surface area contributed by atoms with E-state index in [9.17, 15) is 0 Å². The van der Waals surface area contributed by atoms with Crippen molar-refractivity contribution in [2.24, 2.45) is 5.92 Å². The fraction of sp³-hybridized carbons (Fsp3) is 0.591. The average molecular weight is 385 g/mol. The maximum absolute atomic E-state index is 6.22. The number of benzene rings is 1. The van der Waals surface area contributed by atoms with Gasteiger partial charge in [-0.2, -0.15) is 0 Å². The maximum Gasteiger partial charge on any atom is 0.165 e. The third kappa shape index (κ3) is 4.50. The molecule has 0 radical (unpaired) electrons. The molecule has 0 saturated carbocycles. The lowest BCUT2D eigenvalue weighted by Gasteiger charge is -2.32. The van der Waals surface area contributed by atoms with E-state index in [2.05, 4.69) is 38.5 Å². The average Bonchev–Trinajstić information content (AvgIpc) is 3.08. The molecule has 0 spiro atoms. The van der Waals surface area contributed by atoms with Crippen molar-refractivity contribution in [1.29, 1.82) is 0 Å². The number of nitrogens with zero attached hydrogens (tertiary/aromatic N) is 4. The van der Waals surface area contributed by atoms with Gasteiger partial charge in [0.05, 0.1) is 20.0 Å². The Morgan fingerprint density at radius 2 is 2.11 bits per heavy atom. The second-order valence-corrected chi connectivity index (χ2v) is 8.18. The van der Waals surface area contributed by atoms with Crippen LogP contribution in [0.3, 0.4) is 0 Å². The van der Waals surface area contributed by atoms with Crippen molar-refractivity contribution < 1.29 is 9.47 Å². The Balaban J connectivity index is 1.41. The van der Waals surface area contributed by atoms with Crippen molar-refractivity contribution in [3.05, 3.63) is 42.5 Å². The smallest absolute Gasteiger partial charge is 0.165 e. The van der Waals surface area contributed by atoms with E-state index < -0.39 is 0 Å². The molecule has 28 heavy (non-hydrogen) atoms. The first-order valence-electron chi connectivity index (χ1n) is 10.4. The standard InChI is InChI=1S/C22H32N4O2/c1-24-13-18-7-8-20(24)16-26(14-18)15-19-5-3-6-21(27-2)22(19)28-12-4-10-25-11-9-23-17-25/h3,5-6,9,11,17-18,20H,4,7-8,10,12-16H2,1-2H3/t18-,20-/m0/s1. The Kier molecular flexibility index (Phi) is 6.17. The lowest BCUT2D eigenvalue weighted by molar-refractivity contribution is 0.165. The maximum atomic E-state index is 6.22. The van der Waals surface area contributed by atoms with Crippen LogP contribution < -0.4 is 9.47 Å². The molecule has 4 heterocycles. The molecule has 1 aromatic carbocycles. The Morgan fingerprint density at radius 3 is 2.89 bits per heavy atom. The number of likely N-dealkylation sites (N-methyl/N-ethyl adjacent to an activating group) is 1. The normalized spacial score (nSPS) is 22.9. The van der Waals surface area contributed by atoms with Gasteiger partial charge < -0.3 is 18.9 Å². The topological polar surface area (TPSA) is 42.8 Å². The fourth-order valence-corrected chi connectivity index (χ4v) is 4.63. The quantitative estimate of drug-likeness (QED) is 0.655. The number of para-hydroxylation sites is 1. The molecule has 2 bridgehead atoms. The number of piperidine rings is 1. The summed E-state index contributed by atoms with van der Waals surface area (Å²) in [6.45, 7) is 6.06. The fourth-order valence-electron chi connectivity index (χ4n) is 4.63. The van der Waals surface area contributed by atoms with E-state index in [-0.39, 0.29) is 0 Å². The summed E-state index contributed by atoms with van der Waals surface area (Å²) in [6.07, 6.45) is 9.27. The Hall–Kier alpha value is -2.05. The van der Waals surface area contributed by atoms with Crippen molar-refractivity contribution in [2.75, 3.05) is 40.4 Å². The van der Waals surface area contributed by atoms with Crippen molar-refractivity contribution in [3.63, 3.8) is 0 Å². The molecule has 6 nitrogen and oxygen atoms in total. The molecule has 0 aliphatic carbocycles. The number of aryl methyl sites for hydroxylation is 1. The van der Waals surface area contributed by atoms with E-state index in [1.807, 2.05) is 24.8 Å². The number of fused-ring (bicyclic) bond motifs is 4. The summed E-state index contributed by atoms with van der Waals surface area (Å²) in [5, 5.41) is 0. The van der Waals surface area contributed by atoms with Gasteiger partial charge in [-0.15, -0.1) is 0 Å². The molecule has 0 unspecified atom stereocenters. The van der Waals surface area contributed by atoms with Crippen molar-refractivity contribution >= 4 is 0 Å². The van der Waals surface area contributed by atoms with Crippen LogP contribution in [0.2, 0.25) is 0 Å². The highest BCUT2D eigenvalue weighted by Crippen LogP contribution is 2.34. The molecule has 1 aromatic heterocycles. The van der Waals surface area contributed by atoms with Crippen LogP contribution >= 0.6 is 0 Å². The predicted octanol–water partition coefficient (Wildman–Crippen LogP) is 2.89. The summed E-state index contributed by atoms with van der Waals surface area (Å²) in [7, 11) is 4.00. The summed E-state index contributed by atoms with van der Waals surface area (Å²) in [6, 6.07) is 6.94. The Labute approximate surface area is 168 Å². The van der Waals surface area contributed by atoms with Gasteiger partial charge in [0.1, 0.15) is 0 Å². The Bertz CT molecular complexity index is 749. The van der Waals surface area contributed by atoms with Gasteiger partial charge in [-0.25, -0.2) is 4.98 Å². The van der Waals surface area contributed by atoms with Crippen LogP contribution in [-0.2, 0) is 13.1 Å². The molecule has 152 valence electrons. The van der Waals surface area contributed by atoms with Gasteiger partial charge in [-0.1, -0.05) is 12.1 Å². The van der Waals surface area contributed by atoms with Gasteiger partial charge >= 0.3 is 0 Å². The number of hydrogen-bond acceptors (Lipinski definition) is 5. The van der Waals surface area contributed by atoms with Gasteiger partial charge in [-0.3, -0.25) is 4.90 Å². The minimum Gasteiger partial charge on any atom is -0.493 e. The highest BCUT2D eigenvalue weighted by molar-refractivity contribution is 5.46. The molecule has 2 atom stereocenters. The number of ether oxygens (including phenoxy) is 2. The number of hydrogen-bond donors (Lipinski definition) is 0. The van der Waals surface area contributed by atoms with Crippen LogP contribution in [-0.4, -0.2) is 65.8 Å². The molecule has 5 rings (SSSR count). The third-order valence-electron chi connectivity index (χ3n) is 6.10. The first-order valence-corrected chi connectivity index (χ1v) is 10.4. The molecule has 3 fully saturated rings. The zero-order chi connectivity index (χ0) is 19.3. The molecular formula is C22H32N4O2. The summed E-state index contributed by atoms with van der Waals surface area (Å²) in [5.74, 6) is 2.52. The zero-order valence-corrected chi connectivity index (χ0v) is 17.1. The third-order valence-corrected chi connectivity index (χ3v) is 6.10. The van der Waals surface area contributed by atoms with E-state index in [1.165, 1.54) is 31.5 Å². The van der Waals surface area contributed by atoms with Gasteiger partial charge in [-0.05, 0) is 38.3 Å². The van der Waals surface area contributed by atoms with E-state index in [0.29, 0.717) is 12.6 Å². The Morgan fingerprint density at radius 1 is 1.18 bits per heavy atom. The lowest BCUT2D eigenvalue weighted by atomic mass is 9.96. The van der Waals surface area contributed by atoms with Crippen LogP contribution in [0.4, 0.5) is 0 Å². The summed E-state index contributed by atoms with van der Waals surface area (Å²) < 4.78 is 13.9. The second-order valence-electron chi connectivity index (χ2n) is 8.18. The van der Waals surface area contributed by atoms with Gasteiger partial charge in [0.25, 0.3) is 0 Å². The molecule has 3 aliphatic heterocycles. The number of rotatable bonds is 8. The van der Waals surface area contributed by atoms with E-state index in [1.54, 1.807) is 7.11 Å². The molecule has 0 amide bonds. The number of imidazole rings is 1. The summed E-state index contributed by atoms with van der Waals surface area (Å²) in [5.41, 5.74) is 1.23. The van der Waals surface area contributed by atoms with Gasteiger partial charge in [0.2, 0.25) is 0 Å². The van der Waals surface area contributed by atoms with Crippen LogP contribution in [0.15, 0.2) is 36.9 Å². The monoisotopic (exact) mass is 384 g/mol.